The standard InChI is InChI=1S/C7H12N4/c8-2-5-9-6-7-10-3-1-4-11-7/h1,3-4,9H,2,5-6,8H2. The van der Waals surface area contributed by atoms with E-state index in [1.807, 2.05) is 0 Å². The Bertz CT molecular complexity index is 187. The lowest BCUT2D eigenvalue weighted by Gasteiger charge is -1.99. The molecule has 0 saturated carbocycles. The summed E-state index contributed by atoms with van der Waals surface area (Å²) in [7, 11) is 0. The first-order valence-corrected chi connectivity index (χ1v) is 3.60. The maximum absolute atomic E-state index is 5.29. The lowest BCUT2D eigenvalue weighted by molar-refractivity contribution is 0.666. The fourth-order valence-electron chi connectivity index (χ4n) is 0.724. The highest BCUT2D eigenvalue weighted by Gasteiger charge is 1.90. The van der Waals surface area contributed by atoms with Crippen LogP contribution in [0.3, 0.4) is 0 Å². The smallest absolute Gasteiger partial charge is 0.141 e. The average molecular weight is 152 g/mol. The van der Waals surface area contributed by atoms with Gasteiger partial charge < -0.3 is 11.1 Å². The molecule has 1 aromatic heterocycles. The largest absolute Gasteiger partial charge is 0.329 e. The van der Waals surface area contributed by atoms with Gasteiger partial charge in [-0.1, -0.05) is 0 Å². The predicted octanol–water partition coefficient (Wildman–Crippen LogP) is -0.475. The van der Waals surface area contributed by atoms with Crippen LogP contribution >= 0.6 is 0 Å². The Labute approximate surface area is 65.9 Å². The second-order valence-corrected chi connectivity index (χ2v) is 2.13. The summed E-state index contributed by atoms with van der Waals surface area (Å²) in [6.07, 6.45) is 3.46. The van der Waals surface area contributed by atoms with E-state index in [1.54, 1.807) is 18.5 Å². The van der Waals surface area contributed by atoms with E-state index >= 15 is 0 Å². The Morgan fingerprint density at radius 1 is 1.36 bits per heavy atom. The van der Waals surface area contributed by atoms with Crippen molar-refractivity contribution in [1.29, 1.82) is 0 Å². The zero-order valence-electron chi connectivity index (χ0n) is 6.33. The number of rotatable bonds is 4. The monoisotopic (exact) mass is 152 g/mol. The number of nitrogens with one attached hydrogen (secondary N) is 1. The molecule has 1 rings (SSSR count). The van der Waals surface area contributed by atoms with Crippen molar-refractivity contribution in [2.24, 2.45) is 5.73 Å². The zero-order valence-corrected chi connectivity index (χ0v) is 6.33. The molecule has 0 unspecified atom stereocenters. The van der Waals surface area contributed by atoms with Crippen molar-refractivity contribution in [3.05, 3.63) is 24.3 Å². The van der Waals surface area contributed by atoms with Gasteiger partial charge in [-0.25, -0.2) is 9.97 Å². The van der Waals surface area contributed by atoms with Crippen LogP contribution in [-0.2, 0) is 6.54 Å². The Morgan fingerprint density at radius 2 is 2.09 bits per heavy atom. The fraction of sp³-hybridized carbons (Fsp3) is 0.429. The SMILES string of the molecule is NCCNCc1ncccn1. The van der Waals surface area contributed by atoms with E-state index in [-0.39, 0.29) is 0 Å². The average Bonchev–Trinajstić information content (AvgIpc) is 2.07. The van der Waals surface area contributed by atoms with Crippen LogP contribution in [0.15, 0.2) is 18.5 Å². The van der Waals surface area contributed by atoms with Gasteiger partial charge in [-0.15, -0.1) is 0 Å². The van der Waals surface area contributed by atoms with Crippen LogP contribution in [0.5, 0.6) is 0 Å². The number of hydrogen-bond acceptors (Lipinski definition) is 4. The molecule has 0 aliphatic carbocycles. The molecule has 0 radical (unpaired) electrons. The summed E-state index contributed by atoms with van der Waals surface area (Å²) in [4.78, 5) is 8.07. The van der Waals surface area contributed by atoms with Crippen molar-refractivity contribution < 1.29 is 0 Å². The summed E-state index contributed by atoms with van der Waals surface area (Å²) in [5.74, 6) is 0.806. The first-order valence-electron chi connectivity index (χ1n) is 3.60. The summed E-state index contributed by atoms with van der Waals surface area (Å²) in [5, 5.41) is 3.10. The minimum absolute atomic E-state index is 0.646. The molecular weight excluding hydrogens is 140 g/mol. The number of nitrogens with two attached hydrogens (primary N) is 1. The number of hydrogen-bond donors (Lipinski definition) is 2. The number of aromatic nitrogens is 2. The first kappa shape index (κ1) is 8.10. The molecule has 0 aromatic carbocycles. The van der Waals surface area contributed by atoms with Gasteiger partial charge in [0.2, 0.25) is 0 Å². The Balaban J connectivity index is 2.28. The topological polar surface area (TPSA) is 63.8 Å². The summed E-state index contributed by atoms with van der Waals surface area (Å²) in [6.45, 7) is 2.14. The lowest BCUT2D eigenvalue weighted by Crippen LogP contribution is -2.22. The molecule has 0 spiro atoms. The molecule has 0 atom stereocenters. The van der Waals surface area contributed by atoms with Gasteiger partial charge in [0.1, 0.15) is 5.82 Å². The van der Waals surface area contributed by atoms with E-state index < -0.39 is 0 Å². The Morgan fingerprint density at radius 3 is 2.73 bits per heavy atom. The van der Waals surface area contributed by atoms with Gasteiger partial charge in [-0.2, -0.15) is 0 Å². The second-order valence-electron chi connectivity index (χ2n) is 2.13. The van der Waals surface area contributed by atoms with Crippen molar-refractivity contribution in [2.45, 2.75) is 6.54 Å². The second kappa shape index (κ2) is 4.76. The Hall–Kier alpha value is -1.00. The van der Waals surface area contributed by atoms with Crippen LogP contribution in [-0.4, -0.2) is 23.1 Å². The van der Waals surface area contributed by atoms with Crippen LogP contribution in [0.25, 0.3) is 0 Å². The lowest BCUT2D eigenvalue weighted by atomic mass is 10.5. The van der Waals surface area contributed by atoms with Crippen LogP contribution in [0, 0.1) is 0 Å². The van der Waals surface area contributed by atoms with Crippen LogP contribution in [0.1, 0.15) is 5.82 Å². The van der Waals surface area contributed by atoms with Crippen LogP contribution < -0.4 is 11.1 Å². The minimum atomic E-state index is 0.646. The van der Waals surface area contributed by atoms with Crippen molar-refractivity contribution in [3.63, 3.8) is 0 Å². The predicted molar refractivity (Wildman–Crippen MR) is 42.8 cm³/mol. The van der Waals surface area contributed by atoms with Gasteiger partial charge in [0.15, 0.2) is 0 Å². The molecule has 4 heteroatoms. The molecule has 60 valence electrons. The van der Waals surface area contributed by atoms with Crippen molar-refractivity contribution in [3.8, 4) is 0 Å². The van der Waals surface area contributed by atoms with E-state index in [2.05, 4.69) is 15.3 Å². The van der Waals surface area contributed by atoms with Gasteiger partial charge in [0, 0.05) is 25.5 Å². The third kappa shape index (κ3) is 3.06. The molecule has 3 N–H and O–H groups in total. The molecule has 0 aliphatic rings. The van der Waals surface area contributed by atoms with Gasteiger partial charge >= 0.3 is 0 Å². The molecule has 0 fully saturated rings. The molecule has 4 nitrogen and oxygen atoms in total. The van der Waals surface area contributed by atoms with E-state index in [4.69, 9.17) is 5.73 Å². The first-order chi connectivity index (χ1) is 5.43. The van der Waals surface area contributed by atoms with E-state index in [0.29, 0.717) is 13.1 Å². The highest BCUT2D eigenvalue weighted by Crippen LogP contribution is 1.84. The molecule has 0 saturated heterocycles. The Kier molecular flexibility index (Phi) is 3.51. The summed E-state index contributed by atoms with van der Waals surface area (Å²) < 4.78 is 0. The molecule has 1 aromatic rings. The highest BCUT2D eigenvalue weighted by atomic mass is 15.0. The highest BCUT2D eigenvalue weighted by molar-refractivity contribution is 4.87. The van der Waals surface area contributed by atoms with Crippen molar-refractivity contribution in [2.75, 3.05) is 13.1 Å². The minimum Gasteiger partial charge on any atom is -0.329 e. The van der Waals surface area contributed by atoms with Crippen molar-refractivity contribution in [1.82, 2.24) is 15.3 Å². The molecule has 11 heavy (non-hydrogen) atoms. The van der Waals surface area contributed by atoms with Crippen molar-refractivity contribution >= 4 is 0 Å². The summed E-state index contributed by atoms with van der Waals surface area (Å²) in [5.41, 5.74) is 5.29. The van der Waals surface area contributed by atoms with Gasteiger partial charge in [-0.05, 0) is 6.07 Å². The molecular formula is C7H12N4. The van der Waals surface area contributed by atoms with Crippen LogP contribution in [0.2, 0.25) is 0 Å². The summed E-state index contributed by atoms with van der Waals surface area (Å²) >= 11 is 0. The molecule has 1 heterocycles. The third-order valence-corrected chi connectivity index (χ3v) is 1.22. The van der Waals surface area contributed by atoms with Gasteiger partial charge in [0.05, 0.1) is 6.54 Å². The molecule has 0 aliphatic heterocycles. The molecule has 0 amide bonds. The fourth-order valence-corrected chi connectivity index (χ4v) is 0.724. The van der Waals surface area contributed by atoms with Crippen LogP contribution in [0.4, 0.5) is 0 Å². The van der Waals surface area contributed by atoms with Gasteiger partial charge in [0.25, 0.3) is 0 Å². The maximum atomic E-state index is 5.29. The normalized spacial score (nSPS) is 9.91. The quantitative estimate of drug-likeness (QED) is 0.572. The van der Waals surface area contributed by atoms with E-state index in [1.165, 1.54) is 0 Å². The van der Waals surface area contributed by atoms with E-state index in [0.717, 1.165) is 12.4 Å². The van der Waals surface area contributed by atoms with Gasteiger partial charge in [-0.3, -0.25) is 0 Å². The number of nitrogens with zero attached hydrogens (tertiary/aromatic N) is 2. The zero-order chi connectivity index (χ0) is 7.94. The third-order valence-electron chi connectivity index (χ3n) is 1.22. The summed E-state index contributed by atoms with van der Waals surface area (Å²) in [6, 6.07) is 1.80. The molecule has 0 bridgehead atoms. The maximum Gasteiger partial charge on any atom is 0.141 e. The van der Waals surface area contributed by atoms with E-state index in [9.17, 15) is 0 Å².